The van der Waals surface area contributed by atoms with Gasteiger partial charge in [0.15, 0.2) is 0 Å². The zero-order chi connectivity index (χ0) is 14.6. The number of sulfonamides is 1. The van der Waals surface area contributed by atoms with Crippen molar-refractivity contribution in [3.63, 3.8) is 0 Å². The monoisotopic (exact) mass is 312 g/mol. The van der Waals surface area contributed by atoms with Gasteiger partial charge in [0, 0.05) is 23.8 Å². The molecule has 0 atom stereocenters. The molecule has 6 nitrogen and oxygen atoms in total. The van der Waals surface area contributed by atoms with Gasteiger partial charge in [0.25, 0.3) is 0 Å². The van der Waals surface area contributed by atoms with Gasteiger partial charge in [0.2, 0.25) is 10.0 Å². The quantitative estimate of drug-likeness (QED) is 0.849. The Labute approximate surface area is 122 Å². The Hall–Kier alpha value is -1.51. The molecule has 0 aliphatic carbocycles. The van der Waals surface area contributed by atoms with Crippen molar-refractivity contribution in [3.8, 4) is 0 Å². The molecule has 0 aliphatic rings. The molecule has 0 unspecified atom stereocenters. The predicted octanol–water partition coefficient (Wildman–Crippen LogP) is 1.76. The molecular formula is C12H16N4O2S2. The Morgan fingerprint density at radius 3 is 2.70 bits per heavy atom. The number of nitrogens with zero attached hydrogens (tertiary/aromatic N) is 2. The number of hydrogen-bond acceptors (Lipinski definition) is 6. The first-order chi connectivity index (χ1) is 9.51. The van der Waals surface area contributed by atoms with Gasteiger partial charge >= 0.3 is 0 Å². The molecule has 0 amide bonds. The van der Waals surface area contributed by atoms with Crippen LogP contribution in [0.25, 0.3) is 0 Å². The molecule has 0 aromatic carbocycles. The van der Waals surface area contributed by atoms with Gasteiger partial charge < -0.3 is 5.32 Å². The molecule has 2 N–H and O–H groups in total. The maximum absolute atomic E-state index is 12.1. The largest absolute Gasteiger partial charge is 0.370 e. The second kappa shape index (κ2) is 6.29. The van der Waals surface area contributed by atoms with Crippen LogP contribution in [0.3, 0.4) is 0 Å². The van der Waals surface area contributed by atoms with E-state index in [-0.39, 0.29) is 11.4 Å². The van der Waals surface area contributed by atoms with Crippen LogP contribution in [0.5, 0.6) is 0 Å². The topological polar surface area (TPSA) is 84.0 Å². The first-order valence-electron chi connectivity index (χ1n) is 6.12. The van der Waals surface area contributed by atoms with Crippen molar-refractivity contribution in [1.29, 1.82) is 0 Å². The molecule has 0 spiro atoms. The van der Waals surface area contributed by atoms with E-state index in [9.17, 15) is 8.42 Å². The molecule has 0 aliphatic heterocycles. The van der Waals surface area contributed by atoms with Crippen molar-refractivity contribution < 1.29 is 8.42 Å². The first kappa shape index (κ1) is 14.9. The van der Waals surface area contributed by atoms with E-state index in [1.54, 1.807) is 6.07 Å². The molecule has 2 rings (SSSR count). The second-order valence-electron chi connectivity index (χ2n) is 4.12. The number of rotatable bonds is 6. The molecule has 8 heteroatoms. The highest BCUT2D eigenvalue weighted by molar-refractivity contribution is 7.89. The van der Waals surface area contributed by atoms with E-state index < -0.39 is 10.0 Å². The smallest absolute Gasteiger partial charge is 0.242 e. The number of aryl methyl sites for hydroxylation is 1. The fraction of sp³-hybridized carbons (Fsp3) is 0.333. The maximum Gasteiger partial charge on any atom is 0.242 e. The van der Waals surface area contributed by atoms with Crippen LogP contribution >= 0.6 is 11.3 Å². The van der Waals surface area contributed by atoms with E-state index >= 15 is 0 Å². The Bertz CT molecular complexity index is 665. The van der Waals surface area contributed by atoms with Crippen LogP contribution in [-0.2, 0) is 16.6 Å². The van der Waals surface area contributed by atoms with Gasteiger partial charge in [-0.3, -0.25) is 0 Å². The van der Waals surface area contributed by atoms with E-state index in [0.717, 1.165) is 17.2 Å². The average Bonchev–Trinajstić information content (AvgIpc) is 2.84. The van der Waals surface area contributed by atoms with E-state index in [0.29, 0.717) is 5.82 Å². The minimum absolute atomic E-state index is 0.146. The second-order valence-corrected chi connectivity index (χ2v) is 6.83. The van der Waals surface area contributed by atoms with Gasteiger partial charge in [-0.2, -0.15) is 0 Å². The molecule has 0 radical (unpaired) electrons. The van der Waals surface area contributed by atoms with Crippen LogP contribution in [-0.4, -0.2) is 24.9 Å². The third-order valence-electron chi connectivity index (χ3n) is 2.48. The molecule has 0 saturated carbocycles. The fourth-order valence-corrected chi connectivity index (χ4v) is 3.28. The number of nitrogens with one attached hydrogen (secondary N) is 2. The summed E-state index contributed by atoms with van der Waals surface area (Å²) in [5.74, 6) is 0.655. The fourth-order valence-electron chi connectivity index (χ4n) is 1.55. The highest BCUT2D eigenvalue weighted by Gasteiger charge is 2.14. The molecule has 0 saturated heterocycles. The maximum atomic E-state index is 12.1. The van der Waals surface area contributed by atoms with Crippen LogP contribution in [0.15, 0.2) is 28.6 Å². The molecule has 0 bridgehead atoms. The molecule has 0 fully saturated rings. The summed E-state index contributed by atoms with van der Waals surface area (Å²) < 4.78 is 26.7. The zero-order valence-electron chi connectivity index (χ0n) is 11.3. The summed E-state index contributed by atoms with van der Waals surface area (Å²) in [6.45, 7) is 4.75. The summed E-state index contributed by atoms with van der Waals surface area (Å²) in [6.07, 6.45) is 1.34. The van der Waals surface area contributed by atoms with Crippen molar-refractivity contribution in [1.82, 2.24) is 14.7 Å². The lowest BCUT2D eigenvalue weighted by Gasteiger charge is -2.06. The summed E-state index contributed by atoms with van der Waals surface area (Å²) in [5.41, 5.74) is 0.890. The van der Waals surface area contributed by atoms with Crippen molar-refractivity contribution in [2.24, 2.45) is 0 Å². The Morgan fingerprint density at radius 1 is 1.35 bits per heavy atom. The van der Waals surface area contributed by atoms with E-state index in [2.05, 4.69) is 20.0 Å². The SMILES string of the molecule is CCNc1ccc(S(=O)(=O)NCc2nc(C)cs2)cn1. The molecule has 2 aromatic heterocycles. The summed E-state index contributed by atoms with van der Waals surface area (Å²) >= 11 is 1.43. The van der Waals surface area contributed by atoms with Crippen molar-refractivity contribution in [2.75, 3.05) is 11.9 Å². The number of pyridine rings is 1. The average molecular weight is 312 g/mol. The van der Waals surface area contributed by atoms with Crippen LogP contribution in [0.4, 0.5) is 5.82 Å². The normalized spacial score (nSPS) is 11.5. The van der Waals surface area contributed by atoms with Crippen LogP contribution in [0.1, 0.15) is 17.6 Å². The van der Waals surface area contributed by atoms with E-state index in [4.69, 9.17) is 0 Å². The number of thiazole rings is 1. The first-order valence-corrected chi connectivity index (χ1v) is 8.48. The number of anilines is 1. The summed E-state index contributed by atoms with van der Waals surface area (Å²) in [6, 6.07) is 3.17. The zero-order valence-corrected chi connectivity index (χ0v) is 12.9. The van der Waals surface area contributed by atoms with Gasteiger partial charge in [0.1, 0.15) is 15.7 Å². The van der Waals surface area contributed by atoms with Gasteiger partial charge in [0.05, 0.1) is 6.54 Å². The number of hydrogen-bond donors (Lipinski definition) is 2. The summed E-state index contributed by atoms with van der Waals surface area (Å²) in [4.78, 5) is 8.41. The van der Waals surface area contributed by atoms with Crippen molar-refractivity contribution >= 4 is 27.2 Å². The van der Waals surface area contributed by atoms with E-state index in [1.165, 1.54) is 23.6 Å². The molecule has 2 heterocycles. The van der Waals surface area contributed by atoms with Crippen LogP contribution in [0.2, 0.25) is 0 Å². The summed E-state index contributed by atoms with van der Waals surface area (Å²) in [7, 11) is -3.55. The van der Waals surface area contributed by atoms with Crippen molar-refractivity contribution in [3.05, 3.63) is 34.4 Å². The van der Waals surface area contributed by atoms with Crippen LogP contribution < -0.4 is 10.0 Å². The lowest BCUT2D eigenvalue weighted by Crippen LogP contribution is -2.23. The van der Waals surface area contributed by atoms with Gasteiger partial charge in [-0.15, -0.1) is 11.3 Å². The third kappa shape index (κ3) is 3.75. The predicted molar refractivity (Wildman–Crippen MR) is 79.3 cm³/mol. The van der Waals surface area contributed by atoms with Crippen molar-refractivity contribution in [2.45, 2.75) is 25.3 Å². The Kier molecular flexibility index (Phi) is 4.69. The lowest BCUT2D eigenvalue weighted by molar-refractivity contribution is 0.580. The molecule has 2 aromatic rings. The standard InChI is InChI=1S/C12H16N4O2S2/c1-3-13-11-5-4-10(6-14-11)20(17,18)15-7-12-16-9(2)8-19-12/h4-6,8,15H,3,7H2,1-2H3,(H,13,14). The Balaban J connectivity index is 2.05. The summed E-state index contributed by atoms with van der Waals surface area (Å²) in [5, 5.41) is 5.64. The Morgan fingerprint density at radius 2 is 2.15 bits per heavy atom. The van der Waals surface area contributed by atoms with E-state index in [1.807, 2.05) is 19.2 Å². The minimum atomic E-state index is -3.55. The van der Waals surface area contributed by atoms with Gasteiger partial charge in [-0.05, 0) is 26.0 Å². The minimum Gasteiger partial charge on any atom is -0.370 e. The van der Waals surface area contributed by atoms with Gasteiger partial charge in [-0.25, -0.2) is 23.1 Å². The molecule has 20 heavy (non-hydrogen) atoms. The third-order valence-corrected chi connectivity index (χ3v) is 4.84. The van der Waals surface area contributed by atoms with Crippen LogP contribution in [0, 0.1) is 6.92 Å². The van der Waals surface area contributed by atoms with Gasteiger partial charge in [-0.1, -0.05) is 0 Å². The highest BCUT2D eigenvalue weighted by Crippen LogP contribution is 2.13. The highest BCUT2D eigenvalue weighted by atomic mass is 32.2. The number of aromatic nitrogens is 2. The molecule has 108 valence electrons. The lowest BCUT2D eigenvalue weighted by atomic mass is 10.4. The molecular weight excluding hydrogens is 296 g/mol.